The van der Waals surface area contributed by atoms with E-state index in [9.17, 15) is 0 Å². The number of carboxylic acids is 3. The summed E-state index contributed by atoms with van der Waals surface area (Å²) in [7, 11) is 0. The molecule has 0 atom stereocenters. The molecule has 0 rings (SSSR count). The second-order valence-electron chi connectivity index (χ2n) is 1.47. The summed E-state index contributed by atoms with van der Waals surface area (Å²) < 4.78 is 0. The average Bonchev–Trinajstić information content (AvgIpc) is 1.54. The zero-order valence-corrected chi connectivity index (χ0v) is 11.5. The number of carboxylic acid groups (broad SMARTS) is 3. The summed E-state index contributed by atoms with van der Waals surface area (Å²) in [6.45, 7) is 2.92. The van der Waals surface area contributed by atoms with E-state index < -0.39 is 17.9 Å². The van der Waals surface area contributed by atoms with Gasteiger partial charge < -0.3 is 35.2 Å². The fourth-order valence-corrected chi connectivity index (χ4v) is 0. The molecule has 0 amide bonds. The fourth-order valence-electron chi connectivity index (χ4n) is 0. The molecule has 0 aromatic carbocycles. The first-order chi connectivity index (χ1) is 5.20. The van der Waals surface area contributed by atoms with E-state index in [0.29, 0.717) is 0 Å². The van der Waals surface area contributed by atoms with Gasteiger partial charge in [0.05, 0.1) is 0 Å². The summed E-state index contributed by atoms with van der Waals surface area (Å²) in [5.41, 5.74) is 0. The van der Waals surface area contributed by atoms with Crippen LogP contribution in [-0.4, -0.2) is 23.4 Å². The molecule has 1 N–H and O–H groups in total. The third-order valence-corrected chi connectivity index (χ3v) is 0. The Balaban J connectivity index is -0.0000000270. The summed E-state index contributed by atoms with van der Waals surface area (Å²) in [4.78, 5) is 26.7. The van der Waals surface area contributed by atoms with E-state index in [4.69, 9.17) is 29.7 Å². The van der Waals surface area contributed by atoms with Crippen LogP contribution in [0.3, 0.4) is 0 Å². The second kappa shape index (κ2) is 22.8. The van der Waals surface area contributed by atoms with Crippen LogP contribution in [0.25, 0.3) is 0 Å². The molecule has 0 aromatic rings. The molecule has 0 spiro atoms. The third-order valence-electron chi connectivity index (χ3n) is 0. The number of hydrogen-bond acceptors (Lipinski definition) is 7. The standard InChI is InChI=1S/3C2H4O2.Hf.H2O/c3*1-2(3)4;;/h3*1H3,(H,3,4);;1H2/q;;;+4;/p-4. The molecule has 0 unspecified atom stereocenters. The number of carbonyl (C=O) groups excluding carboxylic acids is 3. The van der Waals surface area contributed by atoms with E-state index >= 15 is 0 Å². The average molecular weight is 373 g/mol. The van der Waals surface area contributed by atoms with E-state index in [1.807, 2.05) is 0 Å². The molecule has 0 aliphatic carbocycles. The minimum atomic E-state index is -1.08. The quantitative estimate of drug-likeness (QED) is 0.394. The third kappa shape index (κ3) is 2040. The summed E-state index contributed by atoms with van der Waals surface area (Å²) >= 11 is 0. The SMILES string of the molecule is CC(=O)[O-].CC(=O)[O-].CC(=O)[O-].[Hf+4].[OH-]. The van der Waals surface area contributed by atoms with Gasteiger partial charge in [-0.2, -0.15) is 0 Å². The molecule has 0 radical (unpaired) electrons. The van der Waals surface area contributed by atoms with Crippen LogP contribution in [-0.2, 0) is 40.2 Å². The van der Waals surface area contributed by atoms with Gasteiger partial charge in [0.25, 0.3) is 0 Å². The maximum atomic E-state index is 8.89. The maximum absolute atomic E-state index is 8.89. The summed E-state index contributed by atoms with van der Waals surface area (Å²) in [6, 6.07) is 0. The van der Waals surface area contributed by atoms with Crippen molar-refractivity contribution in [3.63, 3.8) is 0 Å². The molecule has 7 nitrogen and oxygen atoms in total. The molecular formula is C6H10HfO7. The predicted octanol–water partition coefficient (Wildman–Crippen LogP) is -3.91. The van der Waals surface area contributed by atoms with E-state index in [1.54, 1.807) is 0 Å². The van der Waals surface area contributed by atoms with Crippen molar-refractivity contribution in [3.05, 3.63) is 0 Å². The van der Waals surface area contributed by atoms with Crippen molar-refractivity contribution < 1.29 is 61.0 Å². The van der Waals surface area contributed by atoms with Crippen LogP contribution in [0.2, 0.25) is 0 Å². The Labute approximate surface area is 99.8 Å². The van der Waals surface area contributed by atoms with Crippen LogP contribution in [0, 0.1) is 0 Å². The largest absolute Gasteiger partial charge is 4.00 e. The molecule has 80 valence electrons. The molecule has 0 aliphatic rings. The van der Waals surface area contributed by atoms with Crippen LogP contribution in [0.15, 0.2) is 0 Å². The second-order valence-corrected chi connectivity index (χ2v) is 1.47. The van der Waals surface area contributed by atoms with Crippen LogP contribution in [0.5, 0.6) is 0 Å². The molecule has 0 aliphatic heterocycles. The minimum Gasteiger partial charge on any atom is -0.870 e. The molecular weight excluding hydrogens is 363 g/mol. The van der Waals surface area contributed by atoms with E-state index in [0.717, 1.165) is 20.8 Å². The molecule has 0 bridgehead atoms. The molecule has 8 heteroatoms. The van der Waals surface area contributed by atoms with Gasteiger partial charge in [0.15, 0.2) is 0 Å². The van der Waals surface area contributed by atoms with Gasteiger partial charge in [0.2, 0.25) is 0 Å². The Bertz CT molecular complexity index is 116. The van der Waals surface area contributed by atoms with Crippen molar-refractivity contribution in [2.24, 2.45) is 0 Å². The Kier molecular flexibility index (Phi) is 47.5. The number of rotatable bonds is 0. The van der Waals surface area contributed by atoms with Crippen LogP contribution in [0.1, 0.15) is 20.8 Å². The number of aliphatic carboxylic acids is 3. The molecule has 14 heavy (non-hydrogen) atoms. The van der Waals surface area contributed by atoms with Crippen molar-refractivity contribution in [3.8, 4) is 0 Å². The van der Waals surface area contributed by atoms with Crippen molar-refractivity contribution in [1.29, 1.82) is 0 Å². The van der Waals surface area contributed by atoms with Crippen LogP contribution < -0.4 is 15.3 Å². The summed E-state index contributed by atoms with van der Waals surface area (Å²) in [5.74, 6) is -3.25. The van der Waals surface area contributed by atoms with E-state index in [2.05, 4.69) is 0 Å². The van der Waals surface area contributed by atoms with Gasteiger partial charge in [0, 0.05) is 17.9 Å². The van der Waals surface area contributed by atoms with Crippen LogP contribution >= 0.6 is 0 Å². The number of hydrogen-bond donors (Lipinski definition) is 0. The van der Waals surface area contributed by atoms with Gasteiger partial charge in [-0.3, -0.25) is 0 Å². The topological polar surface area (TPSA) is 150 Å². The molecule has 0 aromatic heterocycles. The zero-order valence-electron chi connectivity index (χ0n) is 7.90. The van der Waals surface area contributed by atoms with E-state index in [1.165, 1.54) is 0 Å². The maximum Gasteiger partial charge on any atom is 4.00 e. The van der Waals surface area contributed by atoms with Gasteiger partial charge in [-0.1, -0.05) is 0 Å². The first-order valence-corrected chi connectivity index (χ1v) is 2.72. The smallest absolute Gasteiger partial charge is 0.870 e. The Morgan fingerprint density at radius 3 is 0.714 bits per heavy atom. The zero-order chi connectivity index (χ0) is 10.7. The van der Waals surface area contributed by atoms with Gasteiger partial charge in [0.1, 0.15) is 0 Å². The Morgan fingerprint density at radius 1 is 0.714 bits per heavy atom. The van der Waals surface area contributed by atoms with Crippen molar-refractivity contribution in [2.45, 2.75) is 20.8 Å². The number of carbonyl (C=O) groups is 3. The van der Waals surface area contributed by atoms with Crippen molar-refractivity contribution in [1.82, 2.24) is 0 Å². The van der Waals surface area contributed by atoms with Crippen LogP contribution in [0.4, 0.5) is 0 Å². The Hall–Kier alpha value is -0.760. The van der Waals surface area contributed by atoms with Crippen molar-refractivity contribution >= 4 is 17.9 Å². The van der Waals surface area contributed by atoms with E-state index in [-0.39, 0.29) is 31.3 Å². The fraction of sp³-hybridized carbons (Fsp3) is 0.500. The molecule has 0 saturated carbocycles. The first-order valence-electron chi connectivity index (χ1n) is 2.72. The summed E-state index contributed by atoms with van der Waals surface area (Å²) in [6.07, 6.45) is 0. The first kappa shape index (κ1) is 29.2. The van der Waals surface area contributed by atoms with Gasteiger partial charge in [-0.15, -0.1) is 0 Å². The summed E-state index contributed by atoms with van der Waals surface area (Å²) in [5, 5.41) is 26.7. The normalized spacial score (nSPS) is 5.36. The monoisotopic (exact) mass is 374 g/mol. The molecule has 0 fully saturated rings. The van der Waals surface area contributed by atoms with Gasteiger partial charge in [-0.05, 0) is 20.8 Å². The van der Waals surface area contributed by atoms with Gasteiger partial charge >= 0.3 is 25.8 Å². The molecule has 0 saturated heterocycles. The molecule has 0 heterocycles. The minimum absolute atomic E-state index is 0. The predicted molar refractivity (Wildman–Crippen MR) is 34.0 cm³/mol. The van der Waals surface area contributed by atoms with Gasteiger partial charge in [-0.25, -0.2) is 0 Å². The van der Waals surface area contributed by atoms with Crippen molar-refractivity contribution in [2.75, 3.05) is 0 Å². The Morgan fingerprint density at radius 2 is 0.714 bits per heavy atom.